The van der Waals surface area contributed by atoms with Crippen LogP contribution in [-0.2, 0) is 4.79 Å². The highest BCUT2D eigenvalue weighted by molar-refractivity contribution is 6.32. The van der Waals surface area contributed by atoms with Crippen molar-refractivity contribution in [3.05, 3.63) is 34.7 Å². The van der Waals surface area contributed by atoms with Crippen molar-refractivity contribution in [2.75, 3.05) is 0 Å². The normalized spacial score (nSPS) is 10.7. The lowest BCUT2D eigenvalue weighted by atomic mass is 10.1. The molecule has 0 aliphatic carbocycles. The summed E-state index contributed by atoms with van der Waals surface area (Å²) in [5, 5.41) is 0.479. The average Bonchev–Trinajstić information content (AvgIpc) is 2.37. The maximum absolute atomic E-state index is 13.6. The summed E-state index contributed by atoms with van der Waals surface area (Å²) >= 11 is 5.82. The van der Waals surface area contributed by atoms with Crippen molar-refractivity contribution in [2.45, 2.75) is 20.3 Å². The highest BCUT2D eigenvalue weighted by Crippen LogP contribution is 2.32. The van der Waals surface area contributed by atoms with E-state index in [1.165, 1.54) is 18.3 Å². The van der Waals surface area contributed by atoms with E-state index in [1.807, 2.05) is 0 Å². The van der Waals surface area contributed by atoms with Gasteiger partial charge in [-0.15, -0.1) is 0 Å². The molecule has 0 radical (unpaired) electrons. The Labute approximate surface area is 109 Å². The van der Waals surface area contributed by atoms with Gasteiger partial charge in [0.25, 0.3) is 0 Å². The second kappa shape index (κ2) is 4.90. The number of fused-ring (bicyclic) bond motifs is 1. The van der Waals surface area contributed by atoms with Gasteiger partial charge < -0.3 is 4.74 Å². The number of halogens is 2. The van der Waals surface area contributed by atoms with Crippen LogP contribution in [0.4, 0.5) is 4.39 Å². The average molecular weight is 268 g/mol. The van der Waals surface area contributed by atoms with Crippen molar-refractivity contribution in [3.63, 3.8) is 0 Å². The Morgan fingerprint density at radius 2 is 2.28 bits per heavy atom. The predicted molar refractivity (Wildman–Crippen MR) is 67.4 cm³/mol. The van der Waals surface area contributed by atoms with Gasteiger partial charge in [0.1, 0.15) is 11.6 Å². The Kier molecular flexibility index (Phi) is 3.48. The van der Waals surface area contributed by atoms with Gasteiger partial charge in [0.2, 0.25) is 0 Å². The summed E-state index contributed by atoms with van der Waals surface area (Å²) in [5.74, 6) is -0.635. The Morgan fingerprint density at radius 1 is 1.56 bits per heavy atom. The first-order valence-corrected chi connectivity index (χ1v) is 5.86. The first-order chi connectivity index (χ1) is 8.54. The van der Waals surface area contributed by atoms with Gasteiger partial charge in [-0.3, -0.25) is 9.78 Å². The number of carbonyl (C=O) groups is 1. The largest absolute Gasteiger partial charge is 0.426 e. The smallest absolute Gasteiger partial charge is 0.310 e. The lowest BCUT2D eigenvalue weighted by Gasteiger charge is -2.09. The fraction of sp³-hybridized carbons (Fsp3) is 0.231. The summed E-state index contributed by atoms with van der Waals surface area (Å²) in [6.07, 6.45) is 1.75. The number of aromatic nitrogens is 1. The number of carbonyl (C=O) groups excluding carboxylic acids is 1. The maximum Gasteiger partial charge on any atom is 0.310 e. The molecule has 5 heteroatoms. The van der Waals surface area contributed by atoms with Crippen molar-refractivity contribution in [2.24, 2.45) is 0 Å². The van der Waals surface area contributed by atoms with E-state index in [0.717, 1.165) is 0 Å². The molecule has 0 spiro atoms. The van der Waals surface area contributed by atoms with E-state index in [4.69, 9.17) is 16.3 Å². The molecule has 2 aromatic rings. The van der Waals surface area contributed by atoms with Crippen LogP contribution in [0.1, 0.15) is 18.9 Å². The standard InChI is InChI=1S/C13H11ClFNO2/c1-3-11(17)18-10-4-5-16-13-7(2)12(14)9(15)6-8(10)13/h4-6H,3H2,1-2H3. The SMILES string of the molecule is CCC(=O)Oc1ccnc2c(C)c(Cl)c(F)cc12. The Morgan fingerprint density at radius 3 is 2.94 bits per heavy atom. The number of nitrogens with zero attached hydrogens (tertiary/aromatic N) is 1. The molecule has 0 saturated heterocycles. The van der Waals surface area contributed by atoms with Crippen LogP contribution in [0, 0.1) is 12.7 Å². The minimum absolute atomic E-state index is 0.0361. The second-order valence-corrected chi connectivity index (χ2v) is 4.21. The number of hydrogen-bond acceptors (Lipinski definition) is 3. The van der Waals surface area contributed by atoms with Crippen molar-refractivity contribution < 1.29 is 13.9 Å². The minimum Gasteiger partial charge on any atom is -0.426 e. The number of esters is 1. The molecule has 1 aromatic heterocycles. The van der Waals surface area contributed by atoms with E-state index in [1.54, 1.807) is 13.8 Å². The second-order valence-electron chi connectivity index (χ2n) is 3.83. The summed E-state index contributed by atoms with van der Waals surface area (Å²) < 4.78 is 18.7. The zero-order valence-electron chi connectivity index (χ0n) is 9.96. The summed E-state index contributed by atoms with van der Waals surface area (Å²) in [4.78, 5) is 15.4. The molecule has 0 bridgehead atoms. The van der Waals surface area contributed by atoms with Crippen LogP contribution < -0.4 is 4.74 Å². The monoisotopic (exact) mass is 267 g/mol. The van der Waals surface area contributed by atoms with Gasteiger partial charge in [0.15, 0.2) is 0 Å². The maximum atomic E-state index is 13.6. The molecule has 2 rings (SSSR count). The summed E-state index contributed by atoms with van der Waals surface area (Å²) in [6, 6.07) is 2.76. The van der Waals surface area contributed by atoms with Gasteiger partial charge in [-0.2, -0.15) is 0 Å². The molecular formula is C13H11ClFNO2. The molecule has 0 saturated carbocycles. The molecule has 18 heavy (non-hydrogen) atoms. The molecule has 0 N–H and O–H groups in total. The fourth-order valence-electron chi connectivity index (χ4n) is 1.65. The number of ether oxygens (including phenoxy) is 1. The van der Waals surface area contributed by atoms with Crippen LogP contribution in [0.3, 0.4) is 0 Å². The minimum atomic E-state index is -0.552. The van der Waals surface area contributed by atoms with Crippen LogP contribution in [0.15, 0.2) is 18.3 Å². The van der Waals surface area contributed by atoms with Crippen molar-refractivity contribution in [1.82, 2.24) is 4.98 Å². The highest BCUT2D eigenvalue weighted by atomic mass is 35.5. The first kappa shape index (κ1) is 12.8. The van der Waals surface area contributed by atoms with Gasteiger partial charge >= 0.3 is 5.97 Å². The molecule has 0 fully saturated rings. The molecule has 1 heterocycles. The molecule has 0 amide bonds. The third-order valence-corrected chi connectivity index (χ3v) is 3.09. The lowest BCUT2D eigenvalue weighted by Crippen LogP contribution is -2.06. The Bertz CT molecular complexity index is 628. The van der Waals surface area contributed by atoms with Crippen molar-refractivity contribution in [3.8, 4) is 5.75 Å². The van der Waals surface area contributed by atoms with Crippen LogP contribution in [0.25, 0.3) is 10.9 Å². The van der Waals surface area contributed by atoms with Crippen molar-refractivity contribution >= 4 is 28.5 Å². The molecule has 0 aliphatic heterocycles. The van der Waals surface area contributed by atoms with Gasteiger partial charge in [-0.1, -0.05) is 18.5 Å². The number of aryl methyl sites for hydroxylation is 1. The number of rotatable bonds is 2. The first-order valence-electron chi connectivity index (χ1n) is 5.48. The number of hydrogen-bond donors (Lipinski definition) is 0. The van der Waals surface area contributed by atoms with Gasteiger partial charge in [-0.05, 0) is 24.6 Å². The zero-order valence-corrected chi connectivity index (χ0v) is 10.7. The lowest BCUT2D eigenvalue weighted by molar-refractivity contribution is -0.133. The van der Waals surface area contributed by atoms with Crippen molar-refractivity contribution in [1.29, 1.82) is 0 Å². The summed E-state index contributed by atoms with van der Waals surface area (Å²) in [5.41, 5.74) is 1.06. The van der Waals surface area contributed by atoms with E-state index < -0.39 is 5.82 Å². The van der Waals surface area contributed by atoms with Crippen LogP contribution in [0.5, 0.6) is 5.75 Å². The van der Waals surface area contributed by atoms with Gasteiger partial charge in [-0.25, -0.2) is 4.39 Å². The van der Waals surface area contributed by atoms with Crippen LogP contribution in [-0.4, -0.2) is 11.0 Å². The topological polar surface area (TPSA) is 39.2 Å². The quantitative estimate of drug-likeness (QED) is 0.780. The highest BCUT2D eigenvalue weighted by Gasteiger charge is 2.14. The fourth-order valence-corrected chi connectivity index (χ4v) is 1.79. The molecule has 0 aliphatic rings. The van der Waals surface area contributed by atoms with E-state index in [0.29, 0.717) is 22.2 Å². The molecule has 0 unspecified atom stereocenters. The van der Waals surface area contributed by atoms with E-state index in [2.05, 4.69) is 4.98 Å². The molecular weight excluding hydrogens is 257 g/mol. The number of pyridine rings is 1. The molecule has 3 nitrogen and oxygen atoms in total. The van der Waals surface area contributed by atoms with Gasteiger partial charge in [0.05, 0.1) is 10.5 Å². The van der Waals surface area contributed by atoms with Crippen LogP contribution >= 0.6 is 11.6 Å². The third kappa shape index (κ3) is 2.16. The molecule has 94 valence electrons. The number of benzene rings is 1. The van der Waals surface area contributed by atoms with Crippen LogP contribution in [0.2, 0.25) is 5.02 Å². The molecule has 1 aromatic carbocycles. The van der Waals surface area contributed by atoms with Gasteiger partial charge in [0, 0.05) is 18.0 Å². The zero-order chi connectivity index (χ0) is 13.3. The summed E-state index contributed by atoms with van der Waals surface area (Å²) in [7, 11) is 0. The Balaban J connectivity index is 2.66. The summed E-state index contributed by atoms with van der Waals surface area (Å²) in [6.45, 7) is 3.36. The third-order valence-electron chi connectivity index (χ3n) is 2.63. The molecule has 0 atom stereocenters. The van der Waals surface area contributed by atoms with E-state index in [-0.39, 0.29) is 17.4 Å². The van der Waals surface area contributed by atoms with E-state index >= 15 is 0 Å². The van der Waals surface area contributed by atoms with E-state index in [9.17, 15) is 9.18 Å². The predicted octanol–water partition coefficient (Wildman–Crippen LogP) is 3.65. The Hall–Kier alpha value is -1.68.